The molecule has 15 heavy (non-hydrogen) atoms. The van der Waals surface area contributed by atoms with Gasteiger partial charge in [0.25, 0.3) is 0 Å². The van der Waals surface area contributed by atoms with Crippen LogP contribution in [0.2, 0.25) is 0 Å². The van der Waals surface area contributed by atoms with Crippen molar-refractivity contribution < 1.29 is 5.11 Å². The molecule has 1 unspecified atom stereocenters. The van der Waals surface area contributed by atoms with Crippen LogP contribution < -0.4 is 0 Å². The minimum atomic E-state index is 0.271. The molecule has 1 aliphatic heterocycles. The molecule has 0 aromatic carbocycles. The molecule has 0 amide bonds. The summed E-state index contributed by atoms with van der Waals surface area (Å²) in [5, 5.41) is 9.28. The monoisotopic (exact) mass is 206 g/mol. The maximum Gasteiger partial charge on any atom is 0.0587 e. The van der Waals surface area contributed by atoms with E-state index in [-0.39, 0.29) is 6.61 Å². The fraction of sp³-hybridized carbons (Fsp3) is 0.583. The van der Waals surface area contributed by atoms with Gasteiger partial charge in [-0.1, -0.05) is 12.5 Å². The van der Waals surface area contributed by atoms with Crippen molar-refractivity contribution in [3.05, 3.63) is 30.1 Å². The molecule has 0 spiro atoms. The number of aliphatic hydroxyl groups is 1. The molecule has 1 atom stereocenters. The number of pyridine rings is 1. The van der Waals surface area contributed by atoms with E-state index in [0.29, 0.717) is 6.04 Å². The molecule has 0 saturated carbocycles. The Hall–Kier alpha value is -0.930. The zero-order valence-corrected chi connectivity index (χ0v) is 8.97. The summed E-state index contributed by atoms with van der Waals surface area (Å²) in [5.74, 6) is 0. The van der Waals surface area contributed by atoms with Gasteiger partial charge in [0, 0.05) is 18.8 Å². The second-order valence-corrected chi connectivity index (χ2v) is 4.12. The van der Waals surface area contributed by atoms with E-state index >= 15 is 0 Å². The minimum absolute atomic E-state index is 0.271. The zero-order chi connectivity index (χ0) is 10.5. The summed E-state index contributed by atoms with van der Waals surface area (Å²) >= 11 is 0. The first-order valence-corrected chi connectivity index (χ1v) is 5.65. The van der Waals surface area contributed by atoms with Crippen molar-refractivity contribution >= 4 is 0 Å². The Morgan fingerprint density at radius 1 is 1.40 bits per heavy atom. The zero-order valence-electron chi connectivity index (χ0n) is 8.97. The van der Waals surface area contributed by atoms with Crippen LogP contribution in [0.15, 0.2) is 24.4 Å². The van der Waals surface area contributed by atoms with Crippen LogP contribution in [0, 0.1) is 0 Å². The molecule has 0 radical (unpaired) electrons. The lowest BCUT2D eigenvalue weighted by Crippen LogP contribution is -2.41. The third kappa shape index (κ3) is 2.76. The van der Waals surface area contributed by atoms with Gasteiger partial charge >= 0.3 is 0 Å². The maximum absolute atomic E-state index is 9.28. The van der Waals surface area contributed by atoms with Crippen molar-refractivity contribution in [1.29, 1.82) is 0 Å². The normalized spacial score (nSPS) is 22.9. The number of hydrogen-bond acceptors (Lipinski definition) is 3. The molecule has 3 nitrogen and oxygen atoms in total. The van der Waals surface area contributed by atoms with E-state index in [1.54, 1.807) is 0 Å². The van der Waals surface area contributed by atoms with Crippen molar-refractivity contribution in [2.24, 2.45) is 0 Å². The fourth-order valence-electron chi connectivity index (χ4n) is 2.17. The summed E-state index contributed by atoms with van der Waals surface area (Å²) in [4.78, 5) is 6.66. The lowest BCUT2D eigenvalue weighted by atomic mass is 10.0. The predicted molar refractivity (Wildman–Crippen MR) is 59.4 cm³/mol. The van der Waals surface area contributed by atoms with Crippen LogP contribution in [-0.2, 0) is 6.54 Å². The predicted octanol–water partition coefficient (Wildman–Crippen LogP) is 1.43. The second-order valence-electron chi connectivity index (χ2n) is 4.12. The largest absolute Gasteiger partial charge is 0.395 e. The quantitative estimate of drug-likeness (QED) is 0.812. The molecule has 1 aromatic rings. The third-order valence-corrected chi connectivity index (χ3v) is 3.05. The summed E-state index contributed by atoms with van der Waals surface area (Å²) < 4.78 is 0. The summed E-state index contributed by atoms with van der Waals surface area (Å²) in [6.45, 7) is 2.22. The van der Waals surface area contributed by atoms with E-state index in [2.05, 4.69) is 9.88 Å². The van der Waals surface area contributed by atoms with E-state index in [0.717, 1.165) is 25.2 Å². The lowest BCUT2D eigenvalue weighted by Gasteiger charge is -2.34. The maximum atomic E-state index is 9.28. The van der Waals surface area contributed by atoms with Crippen LogP contribution >= 0.6 is 0 Å². The van der Waals surface area contributed by atoms with Gasteiger partial charge in [0.2, 0.25) is 0 Å². The molecular formula is C12H18N2O. The molecule has 0 aliphatic carbocycles. The highest BCUT2D eigenvalue weighted by Gasteiger charge is 2.21. The molecule has 0 bridgehead atoms. The average Bonchev–Trinajstić information content (AvgIpc) is 2.31. The summed E-state index contributed by atoms with van der Waals surface area (Å²) in [7, 11) is 0. The van der Waals surface area contributed by atoms with Crippen molar-refractivity contribution in [3.63, 3.8) is 0 Å². The van der Waals surface area contributed by atoms with Crippen LogP contribution in [0.3, 0.4) is 0 Å². The average molecular weight is 206 g/mol. The fourth-order valence-corrected chi connectivity index (χ4v) is 2.17. The number of piperidine rings is 1. The molecule has 3 heteroatoms. The third-order valence-electron chi connectivity index (χ3n) is 3.05. The topological polar surface area (TPSA) is 36.4 Å². The van der Waals surface area contributed by atoms with Gasteiger partial charge in [0.1, 0.15) is 0 Å². The van der Waals surface area contributed by atoms with E-state index in [1.807, 2.05) is 24.4 Å². The van der Waals surface area contributed by atoms with Gasteiger partial charge in [0.05, 0.1) is 12.3 Å². The number of aromatic nitrogens is 1. The highest BCUT2D eigenvalue weighted by atomic mass is 16.3. The molecule has 2 heterocycles. The molecule has 82 valence electrons. The highest BCUT2D eigenvalue weighted by molar-refractivity contribution is 5.03. The minimum Gasteiger partial charge on any atom is -0.395 e. The first-order valence-electron chi connectivity index (χ1n) is 5.65. The van der Waals surface area contributed by atoms with Gasteiger partial charge in [-0.15, -0.1) is 0 Å². The van der Waals surface area contributed by atoms with Crippen molar-refractivity contribution in [2.75, 3.05) is 13.2 Å². The molecule has 1 aliphatic rings. The number of rotatable bonds is 3. The van der Waals surface area contributed by atoms with Crippen molar-refractivity contribution in [1.82, 2.24) is 9.88 Å². The number of nitrogens with zero attached hydrogens (tertiary/aromatic N) is 2. The lowest BCUT2D eigenvalue weighted by molar-refractivity contribution is 0.0831. The van der Waals surface area contributed by atoms with Crippen molar-refractivity contribution in [2.45, 2.75) is 31.8 Å². The van der Waals surface area contributed by atoms with Gasteiger partial charge < -0.3 is 5.11 Å². The smallest absolute Gasteiger partial charge is 0.0587 e. The SMILES string of the molecule is OCC1CCCCN1Cc1ccccn1. The summed E-state index contributed by atoms with van der Waals surface area (Å²) in [5.41, 5.74) is 1.10. The summed E-state index contributed by atoms with van der Waals surface area (Å²) in [6, 6.07) is 6.33. The Morgan fingerprint density at radius 2 is 2.33 bits per heavy atom. The molecular weight excluding hydrogens is 188 g/mol. The molecule has 1 aromatic heterocycles. The van der Waals surface area contributed by atoms with Gasteiger partial charge in [-0.3, -0.25) is 9.88 Å². The molecule has 2 rings (SSSR count). The van der Waals surface area contributed by atoms with Crippen LogP contribution in [0.1, 0.15) is 25.0 Å². The Balaban J connectivity index is 1.97. The van der Waals surface area contributed by atoms with Gasteiger partial charge in [0.15, 0.2) is 0 Å². The molecule has 1 fully saturated rings. The van der Waals surface area contributed by atoms with Crippen LogP contribution in [0.25, 0.3) is 0 Å². The number of hydrogen-bond donors (Lipinski definition) is 1. The number of likely N-dealkylation sites (tertiary alicyclic amines) is 1. The first kappa shape index (κ1) is 10.6. The van der Waals surface area contributed by atoms with Gasteiger partial charge in [-0.2, -0.15) is 0 Å². The van der Waals surface area contributed by atoms with Crippen molar-refractivity contribution in [3.8, 4) is 0 Å². The number of aliphatic hydroxyl groups excluding tert-OH is 1. The van der Waals surface area contributed by atoms with E-state index in [4.69, 9.17) is 0 Å². The van der Waals surface area contributed by atoms with Gasteiger partial charge in [-0.25, -0.2) is 0 Å². The van der Waals surface area contributed by atoms with Crippen LogP contribution in [0.5, 0.6) is 0 Å². The highest BCUT2D eigenvalue weighted by Crippen LogP contribution is 2.18. The van der Waals surface area contributed by atoms with E-state index in [1.165, 1.54) is 12.8 Å². The Labute approximate surface area is 90.8 Å². The van der Waals surface area contributed by atoms with Crippen LogP contribution in [-0.4, -0.2) is 34.2 Å². The first-order chi connectivity index (χ1) is 7.40. The van der Waals surface area contributed by atoms with E-state index < -0.39 is 0 Å². The van der Waals surface area contributed by atoms with Crippen LogP contribution in [0.4, 0.5) is 0 Å². The summed E-state index contributed by atoms with van der Waals surface area (Å²) in [6.07, 6.45) is 5.42. The van der Waals surface area contributed by atoms with E-state index in [9.17, 15) is 5.11 Å². The Bertz CT molecular complexity index is 289. The van der Waals surface area contributed by atoms with Gasteiger partial charge in [-0.05, 0) is 31.5 Å². The molecule has 1 saturated heterocycles. The molecule has 1 N–H and O–H groups in total. The Morgan fingerprint density at radius 3 is 3.07 bits per heavy atom. The Kier molecular flexibility index (Phi) is 3.69. The standard InChI is InChI=1S/C12H18N2O/c15-10-12-6-2-4-8-14(12)9-11-5-1-3-7-13-11/h1,3,5,7,12,15H,2,4,6,8-10H2. The second kappa shape index (κ2) is 5.24.